The molecule has 0 aliphatic heterocycles. The number of hydrogen-bond donors (Lipinski definition) is 0. The zero-order chi connectivity index (χ0) is 17.3. The molecule has 0 saturated heterocycles. The zero-order valence-electron chi connectivity index (χ0n) is 13.7. The molecule has 1 unspecified atom stereocenters. The fourth-order valence-electron chi connectivity index (χ4n) is 2.26. The summed E-state index contributed by atoms with van der Waals surface area (Å²) in [4.78, 5) is 0.152. The van der Waals surface area contributed by atoms with Crippen LogP contribution in [0.5, 0.6) is 0 Å². The van der Waals surface area contributed by atoms with Crippen LogP contribution in [0.1, 0.15) is 38.0 Å². The molecule has 0 aliphatic carbocycles. The van der Waals surface area contributed by atoms with Gasteiger partial charge in [0.15, 0.2) is 0 Å². The van der Waals surface area contributed by atoms with Crippen LogP contribution >= 0.6 is 11.6 Å². The largest absolute Gasteiger partial charge is 0.297 e. The molecule has 0 aromatic heterocycles. The van der Waals surface area contributed by atoms with Gasteiger partial charge in [-0.25, -0.2) is 0 Å². The molecule has 2 aromatic rings. The molecule has 124 valence electrons. The lowest BCUT2D eigenvalue weighted by atomic mass is 9.85. The Bertz CT molecular complexity index is 775. The van der Waals surface area contributed by atoms with Crippen molar-refractivity contribution in [2.45, 2.75) is 38.7 Å². The summed E-state index contributed by atoms with van der Waals surface area (Å²) >= 11 is 6.04. The molecular formula is C18H21ClO3S. The van der Waals surface area contributed by atoms with Crippen LogP contribution in [-0.2, 0) is 14.3 Å². The number of hydrogen-bond acceptors (Lipinski definition) is 3. The molecule has 0 spiro atoms. The molecule has 3 nitrogen and oxygen atoms in total. The van der Waals surface area contributed by atoms with Crippen LogP contribution in [0.25, 0.3) is 0 Å². The van der Waals surface area contributed by atoms with E-state index in [1.165, 1.54) is 0 Å². The van der Waals surface area contributed by atoms with Crippen molar-refractivity contribution in [2.24, 2.45) is 5.41 Å². The number of benzene rings is 2. The second-order valence-electron chi connectivity index (χ2n) is 6.66. The Morgan fingerprint density at radius 3 is 2.17 bits per heavy atom. The quantitative estimate of drug-likeness (QED) is 0.715. The molecule has 0 saturated carbocycles. The molecule has 2 aromatic carbocycles. The lowest BCUT2D eigenvalue weighted by molar-refractivity contribution is 0.0934. The molecule has 0 radical (unpaired) electrons. The van der Waals surface area contributed by atoms with Crippen LogP contribution in [0.2, 0.25) is 5.02 Å². The molecular weight excluding hydrogens is 332 g/mol. The average molecular weight is 353 g/mol. The molecule has 0 amide bonds. The van der Waals surface area contributed by atoms with Gasteiger partial charge < -0.3 is 0 Å². The predicted molar refractivity (Wildman–Crippen MR) is 93.1 cm³/mol. The predicted octanol–water partition coefficient (Wildman–Crippen LogP) is 5.14. The van der Waals surface area contributed by atoms with Gasteiger partial charge in [-0.05, 0) is 42.2 Å². The van der Waals surface area contributed by atoms with Crippen molar-refractivity contribution >= 4 is 21.7 Å². The highest BCUT2D eigenvalue weighted by Crippen LogP contribution is 2.39. The molecule has 0 aliphatic rings. The third-order valence-corrected chi connectivity index (χ3v) is 5.00. The molecule has 5 heteroatoms. The second kappa shape index (κ2) is 6.63. The van der Waals surface area contributed by atoms with Gasteiger partial charge in [0.1, 0.15) is 6.10 Å². The summed E-state index contributed by atoms with van der Waals surface area (Å²) in [7, 11) is -3.86. The van der Waals surface area contributed by atoms with E-state index in [0.717, 1.165) is 11.1 Å². The van der Waals surface area contributed by atoms with Gasteiger partial charge in [-0.2, -0.15) is 8.42 Å². The van der Waals surface area contributed by atoms with Crippen molar-refractivity contribution < 1.29 is 12.6 Å². The molecule has 1 atom stereocenters. The first kappa shape index (κ1) is 18.0. The minimum absolute atomic E-state index is 0.152. The average Bonchev–Trinajstić information content (AvgIpc) is 2.44. The number of halogens is 1. The molecule has 0 bridgehead atoms. The van der Waals surface area contributed by atoms with Crippen LogP contribution in [-0.4, -0.2) is 8.42 Å². The van der Waals surface area contributed by atoms with Gasteiger partial charge in [-0.1, -0.05) is 62.2 Å². The van der Waals surface area contributed by atoms with Crippen LogP contribution in [0, 0.1) is 12.3 Å². The Balaban J connectivity index is 2.40. The maximum absolute atomic E-state index is 12.6. The summed E-state index contributed by atoms with van der Waals surface area (Å²) in [6.07, 6.45) is -0.632. The Labute approximate surface area is 143 Å². The van der Waals surface area contributed by atoms with Gasteiger partial charge in [-0.3, -0.25) is 4.18 Å². The third kappa shape index (κ3) is 4.56. The summed E-state index contributed by atoms with van der Waals surface area (Å²) in [6.45, 7) is 7.71. The Morgan fingerprint density at radius 2 is 1.65 bits per heavy atom. The third-order valence-electron chi connectivity index (χ3n) is 3.47. The van der Waals surface area contributed by atoms with Gasteiger partial charge in [-0.15, -0.1) is 0 Å². The van der Waals surface area contributed by atoms with Gasteiger partial charge in [0.2, 0.25) is 0 Å². The topological polar surface area (TPSA) is 43.4 Å². The SMILES string of the molecule is Cc1ccc(S(=O)(=O)OC(c2cccc(Cl)c2)C(C)(C)C)cc1. The van der Waals surface area contributed by atoms with Crippen molar-refractivity contribution in [2.75, 3.05) is 0 Å². The van der Waals surface area contributed by atoms with Gasteiger partial charge in [0.25, 0.3) is 10.1 Å². The smallest absolute Gasteiger partial charge is 0.258 e. The highest BCUT2D eigenvalue weighted by Gasteiger charge is 2.32. The van der Waals surface area contributed by atoms with Crippen molar-refractivity contribution in [3.8, 4) is 0 Å². The maximum atomic E-state index is 12.6. The van der Waals surface area contributed by atoms with E-state index in [9.17, 15) is 8.42 Å². The van der Waals surface area contributed by atoms with E-state index < -0.39 is 21.6 Å². The zero-order valence-corrected chi connectivity index (χ0v) is 15.3. The molecule has 0 fully saturated rings. The summed E-state index contributed by atoms with van der Waals surface area (Å²) in [6, 6.07) is 13.7. The lowest BCUT2D eigenvalue weighted by Crippen LogP contribution is -2.24. The lowest BCUT2D eigenvalue weighted by Gasteiger charge is -2.30. The monoisotopic (exact) mass is 352 g/mol. The van der Waals surface area contributed by atoms with E-state index in [2.05, 4.69) is 0 Å². The summed E-state index contributed by atoms with van der Waals surface area (Å²) in [5.41, 5.74) is 1.31. The summed E-state index contributed by atoms with van der Waals surface area (Å²) in [5, 5.41) is 0.549. The van der Waals surface area contributed by atoms with E-state index in [-0.39, 0.29) is 4.90 Å². The molecule has 0 heterocycles. The Morgan fingerprint density at radius 1 is 1.04 bits per heavy atom. The molecule has 2 rings (SSSR count). The van der Waals surface area contributed by atoms with Gasteiger partial charge in [0, 0.05) is 5.02 Å². The minimum atomic E-state index is -3.86. The fourth-order valence-corrected chi connectivity index (χ4v) is 3.69. The number of rotatable bonds is 4. The maximum Gasteiger partial charge on any atom is 0.297 e. The van der Waals surface area contributed by atoms with E-state index >= 15 is 0 Å². The highest BCUT2D eigenvalue weighted by molar-refractivity contribution is 7.86. The van der Waals surface area contributed by atoms with E-state index in [0.29, 0.717) is 5.02 Å². The van der Waals surface area contributed by atoms with Crippen LogP contribution in [0.3, 0.4) is 0 Å². The first-order valence-electron chi connectivity index (χ1n) is 7.35. The highest BCUT2D eigenvalue weighted by atomic mass is 35.5. The first-order chi connectivity index (χ1) is 10.6. The van der Waals surface area contributed by atoms with Crippen molar-refractivity contribution in [3.63, 3.8) is 0 Å². The van der Waals surface area contributed by atoms with E-state index in [1.807, 2.05) is 33.8 Å². The molecule has 0 N–H and O–H groups in total. The van der Waals surface area contributed by atoms with Crippen molar-refractivity contribution in [1.82, 2.24) is 0 Å². The van der Waals surface area contributed by atoms with Crippen molar-refractivity contribution in [3.05, 3.63) is 64.7 Å². The molecule has 23 heavy (non-hydrogen) atoms. The normalized spacial score (nSPS) is 13.8. The summed E-state index contributed by atoms with van der Waals surface area (Å²) in [5.74, 6) is 0. The minimum Gasteiger partial charge on any atom is -0.258 e. The Hall–Kier alpha value is -1.36. The Kier molecular flexibility index (Phi) is 5.19. The van der Waals surface area contributed by atoms with Crippen LogP contribution in [0.4, 0.5) is 0 Å². The number of aryl methyl sites for hydroxylation is 1. The van der Waals surface area contributed by atoms with Crippen molar-refractivity contribution in [1.29, 1.82) is 0 Å². The van der Waals surface area contributed by atoms with Gasteiger partial charge >= 0.3 is 0 Å². The summed E-state index contributed by atoms with van der Waals surface area (Å²) < 4.78 is 30.8. The standard InChI is InChI=1S/C18H21ClO3S/c1-13-8-10-16(11-9-13)23(20,21)22-17(18(2,3)4)14-6-5-7-15(19)12-14/h5-12,17H,1-4H3. The fraction of sp³-hybridized carbons (Fsp3) is 0.333. The van der Waals surface area contributed by atoms with Gasteiger partial charge in [0.05, 0.1) is 4.90 Å². The van der Waals surface area contributed by atoms with E-state index in [1.54, 1.807) is 42.5 Å². The van der Waals surface area contributed by atoms with Crippen LogP contribution < -0.4 is 0 Å². The van der Waals surface area contributed by atoms with Crippen LogP contribution in [0.15, 0.2) is 53.4 Å². The first-order valence-corrected chi connectivity index (χ1v) is 9.14. The van der Waals surface area contributed by atoms with E-state index in [4.69, 9.17) is 15.8 Å². The second-order valence-corrected chi connectivity index (χ2v) is 8.67.